The Morgan fingerprint density at radius 2 is 1.61 bits per heavy atom. The van der Waals surface area contributed by atoms with E-state index in [-0.39, 0.29) is 31.0 Å². The average Bonchev–Trinajstić information content (AvgIpc) is 3.39. The maximum absolute atomic E-state index is 13.6. The van der Waals surface area contributed by atoms with E-state index in [2.05, 4.69) is 5.32 Å². The van der Waals surface area contributed by atoms with Crippen molar-refractivity contribution < 1.29 is 14.3 Å². The van der Waals surface area contributed by atoms with E-state index < -0.39 is 6.04 Å². The Morgan fingerprint density at radius 3 is 2.33 bits per heavy atom. The van der Waals surface area contributed by atoms with Crippen LogP contribution < -0.4 is 10.1 Å². The fourth-order valence-electron chi connectivity index (χ4n) is 4.54. The highest BCUT2D eigenvalue weighted by Crippen LogP contribution is 2.24. The monoisotopic (exact) mass is 524 g/mol. The molecule has 1 atom stereocenters. The molecule has 3 aromatic carbocycles. The summed E-state index contributed by atoms with van der Waals surface area (Å²) in [4.78, 5) is 28.9. The first-order chi connectivity index (χ1) is 17.5. The second-order valence-corrected chi connectivity index (χ2v) is 9.91. The molecule has 188 valence electrons. The van der Waals surface area contributed by atoms with E-state index in [0.29, 0.717) is 22.2 Å². The molecule has 1 fully saturated rings. The van der Waals surface area contributed by atoms with Gasteiger partial charge < -0.3 is 15.0 Å². The van der Waals surface area contributed by atoms with Gasteiger partial charge in [-0.2, -0.15) is 0 Å². The maximum atomic E-state index is 13.6. The summed E-state index contributed by atoms with van der Waals surface area (Å²) >= 11 is 12.5. The lowest BCUT2D eigenvalue weighted by Crippen LogP contribution is -2.53. The molecule has 5 nitrogen and oxygen atoms in total. The molecule has 3 aromatic rings. The van der Waals surface area contributed by atoms with Crippen molar-refractivity contribution >= 4 is 35.0 Å². The minimum atomic E-state index is -0.714. The first-order valence-electron chi connectivity index (χ1n) is 12.2. The van der Waals surface area contributed by atoms with E-state index in [1.165, 1.54) is 0 Å². The number of halogens is 2. The van der Waals surface area contributed by atoms with E-state index >= 15 is 0 Å². The number of rotatable bonds is 10. The van der Waals surface area contributed by atoms with Crippen LogP contribution in [0.5, 0.6) is 5.75 Å². The van der Waals surface area contributed by atoms with Crippen LogP contribution in [0.25, 0.3) is 0 Å². The maximum Gasteiger partial charge on any atom is 0.261 e. The molecule has 0 heterocycles. The van der Waals surface area contributed by atoms with Gasteiger partial charge in [-0.15, -0.1) is 0 Å². The van der Waals surface area contributed by atoms with Crippen LogP contribution in [-0.2, 0) is 22.6 Å². The number of hydrogen-bond acceptors (Lipinski definition) is 3. The highest BCUT2D eigenvalue weighted by molar-refractivity contribution is 6.32. The van der Waals surface area contributed by atoms with Crippen molar-refractivity contribution in [3.63, 3.8) is 0 Å². The number of carbonyl (C=O) groups is 2. The van der Waals surface area contributed by atoms with Gasteiger partial charge in [-0.05, 0) is 48.2 Å². The van der Waals surface area contributed by atoms with Crippen molar-refractivity contribution in [3.8, 4) is 5.75 Å². The Hall–Kier alpha value is -3.02. The summed E-state index contributed by atoms with van der Waals surface area (Å²) < 4.78 is 5.77. The normalized spacial score (nSPS) is 14.3. The number of benzene rings is 3. The molecule has 7 heteroatoms. The molecule has 0 bridgehead atoms. The van der Waals surface area contributed by atoms with Gasteiger partial charge >= 0.3 is 0 Å². The topological polar surface area (TPSA) is 58.6 Å². The largest absolute Gasteiger partial charge is 0.482 e. The standard InChI is InChI=1S/C29H30Cl2N2O3/c30-23-12-8-11-22(17-23)19-33(28(34)20-36-27-16-7-6-15-25(27)31)26(18-21-9-2-1-3-10-21)29(35)32-24-13-4-5-14-24/h1-3,6-12,15-17,24,26H,4-5,13-14,18-20H2,(H,32,35). The Labute approximate surface area is 222 Å². The van der Waals surface area contributed by atoms with Crippen molar-refractivity contribution in [2.75, 3.05) is 6.61 Å². The summed E-state index contributed by atoms with van der Waals surface area (Å²) in [5.74, 6) is -0.0403. The number of para-hydroxylation sites is 1. The molecule has 0 aromatic heterocycles. The third-order valence-electron chi connectivity index (χ3n) is 6.40. The van der Waals surface area contributed by atoms with Crippen LogP contribution in [0.15, 0.2) is 78.9 Å². The Morgan fingerprint density at radius 1 is 0.917 bits per heavy atom. The van der Waals surface area contributed by atoms with Crippen LogP contribution in [0.1, 0.15) is 36.8 Å². The summed E-state index contributed by atoms with van der Waals surface area (Å²) in [6, 6.07) is 23.5. The lowest BCUT2D eigenvalue weighted by molar-refractivity contribution is -0.143. The predicted octanol–water partition coefficient (Wildman–Crippen LogP) is 6.07. The number of carbonyl (C=O) groups excluding carboxylic acids is 2. The smallest absolute Gasteiger partial charge is 0.261 e. The first kappa shape index (κ1) is 26.1. The third kappa shape index (κ3) is 7.25. The zero-order valence-corrected chi connectivity index (χ0v) is 21.5. The van der Waals surface area contributed by atoms with Crippen LogP contribution in [0.4, 0.5) is 0 Å². The van der Waals surface area contributed by atoms with E-state index in [1.54, 1.807) is 35.2 Å². The Bertz CT molecular complexity index is 1170. The van der Waals surface area contributed by atoms with E-state index in [9.17, 15) is 9.59 Å². The minimum absolute atomic E-state index is 0.137. The van der Waals surface area contributed by atoms with Gasteiger partial charge in [0.2, 0.25) is 5.91 Å². The van der Waals surface area contributed by atoms with Crippen molar-refractivity contribution in [2.24, 2.45) is 0 Å². The van der Waals surface area contributed by atoms with E-state index in [0.717, 1.165) is 36.8 Å². The molecule has 0 aliphatic heterocycles. The fraction of sp³-hybridized carbons (Fsp3) is 0.310. The fourth-order valence-corrected chi connectivity index (χ4v) is 4.94. The van der Waals surface area contributed by atoms with Crippen LogP contribution in [-0.4, -0.2) is 35.4 Å². The third-order valence-corrected chi connectivity index (χ3v) is 6.95. The van der Waals surface area contributed by atoms with Crippen LogP contribution in [0.2, 0.25) is 10.0 Å². The molecule has 2 amide bonds. The summed E-state index contributed by atoms with van der Waals surface area (Å²) in [5.41, 5.74) is 1.81. The van der Waals surface area contributed by atoms with Gasteiger partial charge in [0.05, 0.1) is 5.02 Å². The second-order valence-electron chi connectivity index (χ2n) is 9.07. The van der Waals surface area contributed by atoms with Crippen LogP contribution in [0.3, 0.4) is 0 Å². The molecule has 1 aliphatic rings. The Balaban J connectivity index is 1.62. The number of ether oxygens (including phenoxy) is 1. The van der Waals surface area contributed by atoms with E-state index in [4.69, 9.17) is 27.9 Å². The molecule has 0 spiro atoms. The molecule has 4 rings (SSSR count). The van der Waals surface area contributed by atoms with Gasteiger partial charge in [0.1, 0.15) is 11.8 Å². The molecular formula is C29H30Cl2N2O3. The number of hydrogen-bond donors (Lipinski definition) is 1. The zero-order chi connectivity index (χ0) is 25.3. The van der Waals surface area contributed by atoms with Gasteiger partial charge in [-0.25, -0.2) is 0 Å². The number of nitrogens with zero attached hydrogens (tertiary/aromatic N) is 1. The van der Waals surface area contributed by atoms with Crippen molar-refractivity contribution in [2.45, 2.75) is 50.7 Å². The summed E-state index contributed by atoms with van der Waals surface area (Å²) in [7, 11) is 0. The Kier molecular flexibility index (Phi) is 9.26. The zero-order valence-electron chi connectivity index (χ0n) is 20.0. The SMILES string of the molecule is O=C(NC1CCCC1)C(Cc1ccccc1)N(Cc1cccc(Cl)c1)C(=O)COc1ccccc1Cl. The van der Waals surface area contributed by atoms with Crippen molar-refractivity contribution in [1.82, 2.24) is 10.2 Å². The molecule has 1 N–H and O–H groups in total. The molecule has 0 radical (unpaired) electrons. The minimum Gasteiger partial charge on any atom is -0.482 e. The van der Waals surface area contributed by atoms with Crippen molar-refractivity contribution in [1.29, 1.82) is 0 Å². The van der Waals surface area contributed by atoms with Crippen molar-refractivity contribution in [3.05, 3.63) is 100 Å². The quantitative estimate of drug-likeness (QED) is 0.350. The second kappa shape index (κ2) is 12.8. The average molecular weight is 525 g/mol. The predicted molar refractivity (Wildman–Crippen MR) is 143 cm³/mol. The summed E-state index contributed by atoms with van der Waals surface area (Å²) in [6.45, 7) is -0.0207. The molecular weight excluding hydrogens is 495 g/mol. The summed E-state index contributed by atoms with van der Waals surface area (Å²) in [5, 5.41) is 4.19. The van der Waals surface area contributed by atoms with E-state index in [1.807, 2.05) is 48.5 Å². The van der Waals surface area contributed by atoms with Gasteiger partial charge in [0, 0.05) is 24.0 Å². The lowest BCUT2D eigenvalue weighted by atomic mass is 10.0. The number of nitrogens with one attached hydrogen (secondary N) is 1. The lowest BCUT2D eigenvalue weighted by Gasteiger charge is -2.32. The summed E-state index contributed by atoms with van der Waals surface area (Å²) in [6.07, 6.45) is 4.51. The molecule has 36 heavy (non-hydrogen) atoms. The highest BCUT2D eigenvalue weighted by atomic mass is 35.5. The van der Waals surface area contributed by atoms with Gasteiger partial charge in [-0.3, -0.25) is 9.59 Å². The molecule has 1 unspecified atom stereocenters. The first-order valence-corrected chi connectivity index (χ1v) is 13.0. The van der Waals surface area contributed by atoms with Crippen LogP contribution >= 0.6 is 23.2 Å². The van der Waals surface area contributed by atoms with Gasteiger partial charge in [-0.1, -0.05) is 90.6 Å². The molecule has 0 saturated heterocycles. The van der Waals surface area contributed by atoms with Gasteiger partial charge in [0.15, 0.2) is 6.61 Å². The highest BCUT2D eigenvalue weighted by Gasteiger charge is 2.32. The van der Waals surface area contributed by atoms with Crippen LogP contribution in [0, 0.1) is 0 Å². The molecule has 1 aliphatic carbocycles. The van der Waals surface area contributed by atoms with Gasteiger partial charge in [0.25, 0.3) is 5.91 Å². The number of amides is 2. The molecule has 1 saturated carbocycles.